The van der Waals surface area contributed by atoms with Crippen LogP contribution in [0, 0.1) is 0 Å². The summed E-state index contributed by atoms with van der Waals surface area (Å²) in [7, 11) is 0. The normalized spacial score (nSPS) is 10.7. The van der Waals surface area contributed by atoms with Gasteiger partial charge in [0, 0.05) is 11.4 Å². The highest BCUT2D eigenvalue weighted by Gasteiger charge is 2.16. The first-order chi connectivity index (χ1) is 13.6. The molecular weight excluding hydrogens is 393 g/mol. The largest absolute Gasteiger partial charge is 0.492 e. The third-order valence-corrected chi connectivity index (χ3v) is 4.80. The fourth-order valence-electron chi connectivity index (χ4n) is 2.89. The van der Waals surface area contributed by atoms with Crippen LogP contribution < -0.4 is 10.1 Å². The molecule has 3 aromatic carbocycles. The highest BCUT2D eigenvalue weighted by Crippen LogP contribution is 2.27. The van der Waals surface area contributed by atoms with Crippen molar-refractivity contribution in [2.45, 2.75) is 18.9 Å². The van der Waals surface area contributed by atoms with Crippen LogP contribution >= 0.6 is 23.2 Å². The van der Waals surface area contributed by atoms with Crippen LogP contribution in [0.3, 0.4) is 0 Å². The zero-order valence-corrected chi connectivity index (χ0v) is 16.8. The van der Waals surface area contributed by atoms with Gasteiger partial charge in [-0.1, -0.05) is 83.9 Å². The number of amides is 1. The van der Waals surface area contributed by atoms with E-state index in [0.29, 0.717) is 35.2 Å². The Bertz CT molecular complexity index is 861. The van der Waals surface area contributed by atoms with E-state index in [2.05, 4.69) is 5.32 Å². The molecule has 144 valence electrons. The Kier molecular flexibility index (Phi) is 7.35. The van der Waals surface area contributed by atoms with E-state index >= 15 is 0 Å². The molecule has 0 saturated carbocycles. The summed E-state index contributed by atoms with van der Waals surface area (Å²) >= 11 is 12.0. The Labute approximate surface area is 175 Å². The zero-order valence-electron chi connectivity index (χ0n) is 15.3. The quantitative estimate of drug-likeness (QED) is 0.455. The monoisotopic (exact) mass is 413 g/mol. The number of ether oxygens (including phenoxy) is 1. The average molecular weight is 414 g/mol. The van der Waals surface area contributed by atoms with E-state index in [1.54, 1.807) is 18.2 Å². The van der Waals surface area contributed by atoms with Crippen LogP contribution in [-0.4, -0.2) is 12.5 Å². The van der Waals surface area contributed by atoms with Crippen molar-refractivity contribution in [1.82, 2.24) is 5.32 Å². The highest BCUT2D eigenvalue weighted by molar-refractivity contribution is 6.35. The van der Waals surface area contributed by atoms with Gasteiger partial charge in [-0.2, -0.15) is 0 Å². The van der Waals surface area contributed by atoms with Crippen molar-refractivity contribution in [1.29, 1.82) is 0 Å². The minimum atomic E-state index is -0.179. The van der Waals surface area contributed by atoms with E-state index in [4.69, 9.17) is 27.9 Å². The van der Waals surface area contributed by atoms with Gasteiger partial charge in [0.05, 0.1) is 17.7 Å². The molecule has 0 atom stereocenters. The first-order valence-corrected chi connectivity index (χ1v) is 9.86. The molecule has 3 aromatic rings. The first kappa shape index (κ1) is 20.2. The standard InChI is InChI=1S/C23H21Cl2NO2/c24-19-13-14-21(20(25)16-19)28-15-7-12-22(27)26-23(17-8-3-1-4-9-17)18-10-5-2-6-11-18/h1-6,8-11,13-14,16,23H,7,12,15H2,(H,26,27). The molecule has 1 N–H and O–H groups in total. The van der Waals surface area contributed by atoms with Gasteiger partial charge < -0.3 is 10.1 Å². The van der Waals surface area contributed by atoms with Crippen molar-refractivity contribution in [3.63, 3.8) is 0 Å². The minimum Gasteiger partial charge on any atom is -0.492 e. The molecular formula is C23H21Cl2NO2. The lowest BCUT2D eigenvalue weighted by Gasteiger charge is -2.20. The van der Waals surface area contributed by atoms with Crippen molar-refractivity contribution in [2.24, 2.45) is 0 Å². The Morgan fingerprint density at radius 1 is 0.893 bits per heavy atom. The van der Waals surface area contributed by atoms with Crippen molar-refractivity contribution in [2.75, 3.05) is 6.61 Å². The van der Waals surface area contributed by atoms with Gasteiger partial charge in [-0.15, -0.1) is 0 Å². The Balaban J connectivity index is 1.55. The molecule has 0 spiro atoms. The number of carbonyl (C=O) groups is 1. The third-order valence-electron chi connectivity index (χ3n) is 4.27. The summed E-state index contributed by atoms with van der Waals surface area (Å²) in [5.41, 5.74) is 2.09. The Morgan fingerprint density at radius 3 is 2.07 bits per heavy atom. The third kappa shape index (κ3) is 5.75. The van der Waals surface area contributed by atoms with Crippen LogP contribution in [0.25, 0.3) is 0 Å². The fraction of sp³-hybridized carbons (Fsp3) is 0.174. The maximum Gasteiger partial charge on any atom is 0.220 e. The molecule has 0 unspecified atom stereocenters. The Hall–Kier alpha value is -2.49. The van der Waals surface area contributed by atoms with Crippen molar-refractivity contribution in [3.05, 3.63) is 100 Å². The smallest absolute Gasteiger partial charge is 0.220 e. The molecule has 3 nitrogen and oxygen atoms in total. The summed E-state index contributed by atoms with van der Waals surface area (Å²) in [6, 6.07) is 24.8. The maximum atomic E-state index is 12.5. The van der Waals surface area contributed by atoms with E-state index in [9.17, 15) is 4.79 Å². The van der Waals surface area contributed by atoms with Gasteiger partial charge in [-0.3, -0.25) is 4.79 Å². The summed E-state index contributed by atoms with van der Waals surface area (Å²) in [5.74, 6) is 0.543. The molecule has 0 heterocycles. The van der Waals surface area contributed by atoms with E-state index in [0.717, 1.165) is 11.1 Å². The van der Waals surface area contributed by atoms with Crippen molar-refractivity contribution < 1.29 is 9.53 Å². The molecule has 1 amide bonds. The van der Waals surface area contributed by atoms with Gasteiger partial charge in [0.15, 0.2) is 0 Å². The van der Waals surface area contributed by atoms with Gasteiger partial charge in [0.25, 0.3) is 0 Å². The van der Waals surface area contributed by atoms with Crippen LogP contribution in [0.4, 0.5) is 0 Å². The number of nitrogens with one attached hydrogen (secondary N) is 1. The summed E-state index contributed by atoms with van der Waals surface area (Å²) in [5, 5.41) is 4.15. The fourth-order valence-corrected chi connectivity index (χ4v) is 3.35. The van der Waals surface area contributed by atoms with Crippen molar-refractivity contribution >= 4 is 29.1 Å². The molecule has 0 saturated heterocycles. The average Bonchev–Trinajstić information content (AvgIpc) is 2.72. The summed E-state index contributed by atoms with van der Waals surface area (Å²) in [6.07, 6.45) is 0.947. The van der Waals surface area contributed by atoms with Gasteiger partial charge in [0.2, 0.25) is 5.91 Å². The predicted octanol–water partition coefficient (Wildman–Crippen LogP) is 6.06. The number of halogens is 2. The summed E-state index contributed by atoms with van der Waals surface area (Å²) in [6.45, 7) is 0.399. The molecule has 28 heavy (non-hydrogen) atoms. The van der Waals surface area contributed by atoms with Gasteiger partial charge >= 0.3 is 0 Å². The summed E-state index contributed by atoms with van der Waals surface area (Å²) < 4.78 is 5.65. The molecule has 3 rings (SSSR count). The van der Waals surface area contributed by atoms with Crippen molar-refractivity contribution in [3.8, 4) is 5.75 Å². The zero-order chi connectivity index (χ0) is 19.8. The van der Waals surface area contributed by atoms with E-state index in [1.165, 1.54) is 0 Å². The number of carbonyl (C=O) groups excluding carboxylic acids is 1. The molecule has 5 heteroatoms. The molecule has 0 aliphatic carbocycles. The first-order valence-electron chi connectivity index (χ1n) is 9.10. The maximum absolute atomic E-state index is 12.5. The number of benzene rings is 3. The Morgan fingerprint density at radius 2 is 1.50 bits per heavy atom. The van der Waals surface area contributed by atoms with Crippen LogP contribution in [0.2, 0.25) is 10.0 Å². The van der Waals surface area contributed by atoms with Crippen LogP contribution in [0.5, 0.6) is 5.75 Å². The number of hydrogen-bond acceptors (Lipinski definition) is 2. The minimum absolute atomic E-state index is 0.0245. The van der Waals surface area contributed by atoms with Crippen LogP contribution in [-0.2, 0) is 4.79 Å². The molecule has 0 bridgehead atoms. The lowest BCUT2D eigenvalue weighted by molar-refractivity contribution is -0.121. The van der Waals surface area contributed by atoms with Crippen LogP contribution in [0.15, 0.2) is 78.9 Å². The van der Waals surface area contributed by atoms with Gasteiger partial charge in [-0.25, -0.2) is 0 Å². The second-order valence-electron chi connectivity index (χ2n) is 6.35. The second-order valence-corrected chi connectivity index (χ2v) is 7.19. The van der Waals surface area contributed by atoms with E-state index in [-0.39, 0.29) is 11.9 Å². The predicted molar refractivity (Wildman–Crippen MR) is 114 cm³/mol. The molecule has 0 aromatic heterocycles. The number of rotatable bonds is 8. The summed E-state index contributed by atoms with van der Waals surface area (Å²) in [4.78, 5) is 12.5. The molecule has 0 aliphatic rings. The lowest BCUT2D eigenvalue weighted by Crippen LogP contribution is -2.29. The number of hydrogen-bond donors (Lipinski definition) is 1. The van der Waals surface area contributed by atoms with E-state index < -0.39 is 0 Å². The molecule has 0 aliphatic heterocycles. The topological polar surface area (TPSA) is 38.3 Å². The SMILES string of the molecule is O=C(CCCOc1ccc(Cl)cc1Cl)NC(c1ccccc1)c1ccccc1. The van der Waals surface area contributed by atoms with Crippen LogP contribution in [0.1, 0.15) is 30.0 Å². The second kappa shape index (κ2) is 10.2. The van der Waals surface area contributed by atoms with Gasteiger partial charge in [0.1, 0.15) is 5.75 Å². The highest BCUT2D eigenvalue weighted by atomic mass is 35.5. The lowest BCUT2D eigenvalue weighted by atomic mass is 9.98. The van der Waals surface area contributed by atoms with Gasteiger partial charge in [-0.05, 0) is 35.7 Å². The van der Waals surface area contributed by atoms with E-state index in [1.807, 2.05) is 60.7 Å². The molecule has 0 radical (unpaired) electrons. The molecule has 0 fully saturated rings.